The van der Waals surface area contributed by atoms with Gasteiger partial charge in [-0.15, -0.1) is 29.7 Å². The van der Waals surface area contributed by atoms with Gasteiger partial charge in [-0.3, -0.25) is 0 Å². The third kappa shape index (κ3) is 21.6. The number of rotatable bonds is 6. The summed E-state index contributed by atoms with van der Waals surface area (Å²) in [6.45, 7) is 18.1. The molecule has 0 bridgehead atoms. The first kappa shape index (κ1) is 29.4. The van der Waals surface area contributed by atoms with E-state index in [4.69, 9.17) is 0 Å². The maximum absolute atomic E-state index is 3.97. The van der Waals surface area contributed by atoms with Crippen LogP contribution in [0.4, 0.5) is 0 Å². The Morgan fingerprint density at radius 1 is 0.640 bits per heavy atom. The maximum atomic E-state index is 3.97. The maximum Gasteiger partial charge on any atom is 4.00 e. The van der Waals surface area contributed by atoms with E-state index in [1.807, 2.05) is 41.5 Å². The van der Waals surface area contributed by atoms with Crippen LogP contribution in [0.1, 0.15) is 41.5 Å². The molecular formula is C21H37N3Zr. The van der Waals surface area contributed by atoms with Gasteiger partial charge in [-0.2, -0.15) is 56.8 Å². The molecule has 2 rings (SSSR count). The van der Waals surface area contributed by atoms with Gasteiger partial charge in [-0.25, -0.2) is 0 Å². The van der Waals surface area contributed by atoms with Crippen molar-refractivity contribution in [3.05, 3.63) is 58.4 Å². The van der Waals surface area contributed by atoms with E-state index >= 15 is 0 Å². The summed E-state index contributed by atoms with van der Waals surface area (Å²) in [6, 6.07) is 14.7. The molecule has 0 saturated heterocycles. The molecule has 0 aromatic heterocycles. The molecule has 4 heteroatoms. The Labute approximate surface area is 175 Å². The van der Waals surface area contributed by atoms with Crippen LogP contribution in [0.5, 0.6) is 0 Å². The van der Waals surface area contributed by atoms with Crippen molar-refractivity contribution in [2.24, 2.45) is 0 Å². The van der Waals surface area contributed by atoms with Gasteiger partial charge in [0.2, 0.25) is 0 Å². The summed E-state index contributed by atoms with van der Waals surface area (Å²) < 4.78 is 0. The zero-order valence-electron chi connectivity index (χ0n) is 17.1. The minimum absolute atomic E-state index is 0. The molecule has 0 aliphatic heterocycles. The van der Waals surface area contributed by atoms with Crippen LogP contribution in [-0.2, 0) is 26.2 Å². The molecule has 0 unspecified atom stereocenters. The van der Waals surface area contributed by atoms with Gasteiger partial charge in [0.05, 0.1) is 0 Å². The standard InChI is InChI=1S/C9H7.3C4H10N.Zr/c1-2-5-9-7-3-6-8(9)4-1;3*1-3-5-4-2;/h1-7H;3*3-4H2,1-2H3;/q4*-1;+4. The van der Waals surface area contributed by atoms with Gasteiger partial charge >= 0.3 is 26.2 Å². The van der Waals surface area contributed by atoms with Crippen LogP contribution in [-0.4, -0.2) is 39.3 Å². The fraction of sp³-hybridized carbons (Fsp3) is 0.571. The molecule has 0 aliphatic rings. The van der Waals surface area contributed by atoms with E-state index < -0.39 is 0 Å². The zero-order chi connectivity index (χ0) is 18.5. The Hall–Kier alpha value is -0.407. The molecule has 25 heavy (non-hydrogen) atoms. The Balaban J connectivity index is -0.000000269. The van der Waals surface area contributed by atoms with Crippen molar-refractivity contribution in [3.63, 3.8) is 0 Å². The number of nitrogens with zero attached hydrogens (tertiary/aromatic N) is 3. The normalized spacial score (nSPS) is 8.72. The topological polar surface area (TPSA) is 42.3 Å². The van der Waals surface area contributed by atoms with Gasteiger partial charge in [0, 0.05) is 0 Å². The fourth-order valence-electron chi connectivity index (χ4n) is 1.74. The van der Waals surface area contributed by atoms with Gasteiger partial charge in [-0.1, -0.05) is 47.6 Å². The van der Waals surface area contributed by atoms with E-state index in [-0.39, 0.29) is 26.2 Å². The molecule has 0 amide bonds. The second-order valence-corrected chi connectivity index (χ2v) is 4.72. The third-order valence-corrected chi connectivity index (χ3v) is 2.89. The Morgan fingerprint density at radius 2 is 1.04 bits per heavy atom. The molecule has 0 fully saturated rings. The second kappa shape index (κ2) is 25.8. The molecule has 2 aromatic rings. The minimum Gasteiger partial charge on any atom is -0.663 e. The van der Waals surface area contributed by atoms with E-state index in [0.717, 1.165) is 39.3 Å². The molecule has 0 atom stereocenters. The van der Waals surface area contributed by atoms with Crippen molar-refractivity contribution in [2.75, 3.05) is 39.3 Å². The third-order valence-electron chi connectivity index (χ3n) is 2.89. The van der Waals surface area contributed by atoms with Gasteiger partial charge in [0.15, 0.2) is 0 Å². The van der Waals surface area contributed by atoms with Crippen LogP contribution in [0.25, 0.3) is 26.7 Å². The predicted octanol–water partition coefficient (Wildman–Crippen LogP) is 6.76. The SMILES string of the molecule is CC[N-]CC.CC[N-]CC.CC[N-]CC.[Zr+4].c1ccc2[cH-]ccc2c1. The minimum atomic E-state index is 0. The molecule has 2 aromatic carbocycles. The number of hydrogen-bond acceptors (Lipinski definition) is 0. The molecular weight excluding hydrogens is 385 g/mol. The summed E-state index contributed by atoms with van der Waals surface area (Å²) in [4.78, 5) is 0. The van der Waals surface area contributed by atoms with E-state index in [0.29, 0.717) is 0 Å². The van der Waals surface area contributed by atoms with Gasteiger partial charge < -0.3 is 16.0 Å². The monoisotopic (exact) mass is 421 g/mol. The van der Waals surface area contributed by atoms with Crippen molar-refractivity contribution in [3.8, 4) is 0 Å². The first-order valence-corrected chi connectivity index (χ1v) is 9.21. The van der Waals surface area contributed by atoms with Crippen LogP contribution < -0.4 is 0 Å². The molecule has 0 spiro atoms. The summed E-state index contributed by atoms with van der Waals surface area (Å²) in [5.74, 6) is 0. The number of benzene rings is 1. The van der Waals surface area contributed by atoms with E-state index in [1.54, 1.807) is 0 Å². The van der Waals surface area contributed by atoms with Crippen molar-refractivity contribution < 1.29 is 26.2 Å². The largest absolute Gasteiger partial charge is 4.00 e. The Bertz CT molecular complexity index is 393. The van der Waals surface area contributed by atoms with Crippen LogP contribution in [0.3, 0.4) is 0 Å². The zero-order valence-corrected chi connectivity index (χ0v) is 19.6. The molecule has 0 saturated carbocycles. The average molecular weight is 423 g/mol. The van der Waals surface area contributed by atoms with E-state index in [1.165, 1.54) is 10.8 Å². The average Bonchev–Trinajstić information content (AvgIpc) is 3.07. The first-order valence-electron chi connectivity index (χ1n) is 9.21. The summed E-state index contributed by atoms with van der Waals surface area (Å²) in [6.07, 6.45) is 0. The molecule has 140 valence electrons. The van der Waals surface area contributed by atoms with Crippen molar-refractivity contribution in [1.29, 1.82) is 0 Å². The van der Waals surface area contributed by atoms with E-state index in [9.17, 15) is 0 Å². The molecule has 0 heterocycles. The van der Waals surface area contributed by atoms with Gasteiger partial charge in [-0.05, 0) is 0 Å². The smallest absolute Gasteiger partial charge is 0.663 e. The predicted molar refractivity (Wildman–Crippen MR) is 113 cm³/mol. The first-order chi connectivity index (χ1) is 11.7. The molecule has 0 aliphatic carbocycles. The fourth-order valence-corrected chi connectivity index (χ4v) is 1.74. The summed E-state index contributed by atoms with van der Waals surface area (Å²) in [7, 11) is 0. The summed E-state index contributed by atoms with van der Waals surface area (Å²) >= 11 is 0. The van der Waals surface area contributed by atoms with Crippen molar-refractivity contribution >= 4 is 10.8 Å². The Kier molecular flexibility index (Phi) is 30.3. The molecule has 0 radical (unpaired) electrons. The quantitative estimate of drug-likeness (QED) is 0.462. The van der Waals surface area contributed by atoms with Crippen LogP contribution in [0.2, 0.25) is 0 Å². The van der Waals surface area contributed by atoms with Crippen molar-refractivity contribution in [2.45, 2.75) is 41.5 Å². The van der Waals surface area contributed by atoms with Crippen LogP contribution >= 0.6 is 0 Å². The Morgan fingerprint density at radius 3 is 1.36 bits per heavy atom. The van der Waals surface area contributed by atoms with Gasteiger partial charge in [0.25, 0.3) is 0 Å². The van der Waals surface area contributed by atoms with Gasteiger partial charge in [0.1, 0.15) is 0 Å². The summed E-state index contributed by atoms with van der Waals surface area (Å²) in [5, 5.41) is 14.6. The second-order valence-electron chi connectivity index (χ2n) is 4.72. The van der Waals surface area contributed by atoms with E-state index in [2.05, 4.69) is 58.4 Å². The molecule has 3 nitrogen and oxygen atoms in total. The van der Waals surface area contributed by atoms with Crippen LogP contribution in [0.15, 0.2) is 42.5 Å². The molecule has 0 N–H and O–H groups in total. The van der Waals surface area contributed by atoms with Crippen molar-refractivity contribution in [1.82, 2.24) is 0 Å². The van der Waals surface area contributed by atoms with Crippen LogP contribution in [0, 0.1) is 0 Å². The summed E-state index contributed by atoms with van der Waals surface area (Å²) in [5.41, 5.74) is 0. The number of hydrogen-bond donors (Lipinski definition) is 0. The number of fused-ring (bicyclic) bond motifs is 1.